The third kappa shape index (κ3) is 2.24. The van der Waals surface area contributed by atoms with E-state index in [9.17, 15) is 24.0 Å². The third-order valence-corrected chi connectivity index (χ3v) is 4.29. The molecule has 2 aromatic carbocycles. The van der Waals surface area contributed by atoms with E-state index in [1.807, 2.05) is 0 Å². The Kier molecular flexibility index (Phi) is 3.69. The number of nitrogens with zero attached hydrogens (tertiary/aromatic N) is 1. The number of ether oxygens (including phenoxy) is 1. The molecule has 0 aliphatic carbocycles. The molecule has 1 N–H and O–H groups in total. The van der Waals surface area contributed by atoms with Crippen LogP contribution in [0, 0.1) is 21.7 Å². The van der Waals surface area contributed by atoms with Gasteiger partial charge >= 0.3 is 5.00 Å². The monoisotopic (exact) mass is 341 g/mol. The Hall–Kier alpha value is -2.25. The largest absolute Gasteiger partial charge is 0.476 e. The van der Waals surface area contributed by atoms with E-state index in [0.717, 1.165) is 18.2 Å². The molecule has 0 saturated heterocycles. The second-order valence-electron chi connectivity index (χ2n) is 5.06. The molecule has 0 saturated carbocycles. The Morgan fingerprint density at radius 3 is 2.39 bits per heavy atom. The zero-order valence-electron chi connectivity index (χ0n) is 11.4. The summed E-state index contributed by atoms with van der Waals surface area (Å²) in [5, 5.41) is 21.9. The molecule has 3 rings (SSSR count). The molecule has 23 heavy (non-hydrogen) atoms. The Labute approximate surface area is 134 Å². The molecule has 1 aliphatic heterocycles. The van der Waals surface area contributed by atoms with Crippen LogP contribution in [-0.4, -0.2) is 15.0 Å². The van der Waals surface area contributed by atoms with Gasteiger partial charge in [0, 0.05) is 5.56 Å². The smallest absolute Gasteiger partial charge is 0.365 e. The van der Waals surface area contributed by atoms with Gasteiger partial charge < -0.3 is 9.84 Å². The van der Waals surface area contributed by atoms with Crippen molar-refractivity contribution in [1.29, 1.82) is 0 Å². The molecule has 0 radical (unpaired) electrons. The molecule has 1 aliphatic rings. The Morgan fingerprint density at radius 2 is 1.78 bits per heavy atom. The Bertz CT molecular complexity index is 768. The first-order valence-electron chi connectivity index (χ1n) is 6.58. The summed E-state index contributed by atoms with van der Waals surface area (Å²) in [6.07, 6.45) is -3.65. The quantitative estimate of drug-likeness (QED) is 0.393. The minimum absolute atomic E-state index is 0.0748. The molecule has 0 amide bonds. The first-order chi connectivity index (χ1) is 10.9. The van der Waals surface area contributed by atoms with Gasteiger partial charge in [0.05, 0.1) is 10.5 Å². The Morgan fingerprint density at radius 1 is 1.17 bits per heavy atom. The van der Waals surface area contributed by atoms with Gasteiger partial charge in [0.25, 0.3) is 0 Å². The molecule has 0 spiro atoms. The van der Waals surface area contributed by atoms with Crippen LogP contribution in [0.15, 0.2) is 42.5 Å². The van der Waals surface area contributed by atoms with Crippen LogP contribution in [0.1, 0.15) is 23.3 Å². The number of benzene rings is 2. The molecule has 120 valence electrons. The molecule has 5 nitrogen and oxygen atoms in total. The van der Waals surface area contributed by atoms with Gasteiger partial charge in [-0.2, -0.15) is 0 Å². The lowest BCUT2D eigenvalue weighted by Crippen LogP contribution is -2.49. The van der Waals surface area contributed by atoms with Gasteiger partial charge in [-0.25, -0.2) is 8.78 Å². The normalized spacial score (nSPS) is 26.3. The summed E-state index contributed by atoms with van der Waals surface area (Å²) in [6, 6.07) is 8.91. The van der Waals surface area contributed by atoms with Crippen molar-refractivity contribution in [1.82, 2.24) is 0 Å². The van der Waals surface area contributed by atoms with Gasteiger partial charge in [0.1, 0.15) is 17.4 Å². The molecule has 0 bridgehead atoms. The number of aliphatic hydroxyl groups is 1. The van der Waals surface area contributed by atoms with Crippen molar-refractivity contribution in [3.63, 3.8) is 0 Å². The molecule has 3 atom stereocenters. The molecule has 8 heteroatoms. The number of nitro groups is 1. The van der Waals surface area contributed by atoms with Gasteiger partial charge in [-0.05, 0) is 29.8 Å². The molecular weight excluding hydrogens is 332 g/mol. The van der Waals surface area contributed by atoms with Crippen LogP contribution in [-0.2, 0) is 0 Å². The lowest BCUT2D eigenvalue weighted by Gasteiger charge is -2.37. The molecule has 0 fully saturated rings. The number of aliphatic hydroxyl groups excluding tert-OH is 1. The average Bonchev–Trinajstić information content (AvgIpc) is 2.51. The van der Waals surface area contributed by atoms with E-state index in [-0.39, 0.29) is 11.3 Å². The van der Waals surface area contributed by atoms with E-state index in [1.165, 1.54) is 18.2 Å². The topological polar surface area (TPSA) is 72.6 Å². The van der Waals surface area contributed by atoms with Gasteiger partial charge in [-0.1, -0.05) is 24.3 Å². The van der Waals surface area contributed by atoms with Crippen molar-refractivity contribution in [2.75, 3.05) is 0 Å². The fourth-order valence-corrected chi connectivity index (χ4v) is 2.87. The highest BCUT2D eigenvalue weighted by Crippen LogP contribution is 2.52. The van der Waals surface area contributed by atoms with E-state index in [2.05, 4.69) is 0 Å². The summed E-state index contributed by atoms with van der Waals surface area (Å²) in [5.74, 6) is -2.02. The zero-order chi connectivity index (χ0) is 16.8. The fourth-order valence-electron chi connectivity index (χ4n) is 2.60. The van der Waals surface area contributed by atoms with Crippen molar-refractivity contribution in [3.05, 3.63) is 75.3 Å². The molecule has 1 heterocycles. The second-order valence-corrected chi connectivity index (χ2v) is 5.66. The van der Waals surface area contributed by atoms with Crippen LogP contribution >= 0.6 is 11.6 Å². The summed E-state index contributed by atoms with van der Waals surface area (Å²) in [6.45, 7) is 0. The maximum Gasteiger partial charge on any atom is 0.365 e. The van der Waals surface area contributed by atoms with Crippen molar-refractivity contribution in [2.45, 2.75) is 17.2 Å². The summed E-state index contributed by atoms with van der Waals surface area (Å²) in [5.41, 5.74) is -0.625. The second kappa shape index (κ2) is 5.43. The van der Waals surface area contributed by atoms with E-state index in [1.54, 1.807) is 6.07 Å². The maximum atomic E-state index is 14.1. The number of halogens is 3. The van der Waals surface area contributed by atoms with Crippen molar-refractivity contribution < 1.29 is 23.5 Å². The zero-order valence-corrected chi connectivity index (χ0v) is 12.2. The first-order valence-corrected chi connectivity index (χ1v) is 6.96. The van der Waals surface area contributed by atoms with Crippen LogP contribution < -0.4 is 4.74 Å². The van der Waals surface area contributed by atoms with Gasteiger partial charge in [-0.3, -0.25) is 10.1 Å². The maximum absolute atomic E-state index is 14.1. The standard InChI is InChI=1S/C15H10ClF2NO4/c16-15(19(21)22)13(20)8-4-1-2-7-11(8)23-14(15)12-9(17)5-3-6-10(12)18/h1-7,13-14,20H/t13-,14-,15+/m1/s1. The number of fused-ring (bicyclic) bond motifs is 1. The average molecular weight is 342 g/mol. The van der Waals surface area contributed by atoms with Gasteiger partial charge in [0.2, 0.25) is 6.10 Å². The van der Waals surface area contributed by atoms with Crippen LogP contribution in [0.4, 0.5) is 8.78 Å². The highest BCUT2D eigenvalue weighted by atomic mass is 35.5. The predicted octanol–water partition coefficient (Wildman–Crippen LogP) is 3.34. The number of hydrogen-bond donors (Lipinski definition) is 1. The minimum atomic E-state index is -2.67. The summed E-state index contributed by atoms with van der Waals surface area (Å²) >= 11 is 6.03. The number of rotatable bonds is 2. The lowest BCUT2D eigenvalue weighted by molar-refractivity contribution is -0.570. The van der Waals surface area contributed by atoms with Crippen LogP contribution in [0.2, 0.25) is 0 Å². The number of para-hydroxylation sites is 1. The van der Waals surface area contributed by atoms with E-state index in [4.69, 9.17) is 16.3 Å². The van der Waals surface area contributed by atoms with E-state index in [0.29, 0.717) is 0 Å². The summed E-state index contributed by atoms with van der Waals surface area (Å²) < 4.78 is 33.5. The predicted molar refractivity (Wildman–Crippen MR) is 76.7 cm³/mol. The molecule has 0 unspecified atom stereocenters. The highest BCUT2D eigenvalue weighted by Gasteiger charge is 2.62. The number of hydrogen-bond acceptors (Lipinski definition) is 4. The lowest BCUT2D eigenvalue weighted by atomic mass is 9.89. The van der Waals surface area contributed by atoms with Gasteiger partial charge in [-0.15, -0.1) is 0 Å². The van der Waals surface area contributed by atoms with E-state index >= 15 is 0 Å². The first kappa shape index (κ1) is 15.6. The summed E-state index contributed by atoms with van der Waals surface area (Å²) in [7, 11) is 0. The highest BCUT2D eigenvalue weighted by molar-refractivity contribution is 6.23. The summed E-state index contributed by atoms with van der Waals surface area (Å²) in [4.78, 5) is 7.83. The van der Waals surface area contributed by atoms with Crippen LogP contribution in [0.3, 0.4) is 0 Å². The molecular formula is C15H10ClF2NO4. The van der Waals surface area contributed by atoms with Crippen molar-refractivity contribution in [3.8, 4) is 5.75 Å². The minimum Gasteiger partial charge on any atom is -0.476 e. The van der Waals surface area contributed by atoms with Crippen molar-refractivity contribution >= 4 is 11.6 Å². The van der Waals surface area contributed by atoms with Crippen LogP contribution in [0.5, 0.6) is 5.75 Å². The Balaban J connectivity index is 2.25. The van der Waals surface area contributed by atoms with Gasteiger partial charge in [0.15, 0.2) is 6.10 Å². The third-order valence-electron chi connectivity index (χ3n) is 3.75. The van der Waals surface area contributed by atoms with E-state index < -0.39 is 39.3 Å². The molecule has 0 aromatic heterocycles. The number of alkyl halides is 1. The van der Waals surface area contributed by atoms with Crippen molar-refractivity contribution in [2.24, 2.45) is 0 Å². The van der Waals surface area contributed by atoms with Crippen LogP contribution in [0.25, 0.3) is 0 Å². The molecule has 2 aromatic rings. The SMILES string of the molecule is O=[N+]([O-])[C@@]1(Cl)[C@H](O)c2ccccc2O[C@@H]1c1c(F)cccc1F. The fraction of sp³-hybridized carbons (Fsp3) is 0.200.